The molecule has 2 amide bonds. The van der Waals surface area contributed by atoms with Gasteiger partial charge in [0.25, 0.3) is 19.3 Å². The van der Waals surface area contributed by atoms with Crippen LogP contribution < -0.4 is 46.9 Å². The molecule has 1 saturated heterocycles. The summed E-state index contributed by atoms with van der Waals surface area (Å²) < 4.78 is 25.0. The third-order valence-electron chi connectivity index (χ3n) is 14.2. The van der Waals surface area contributed by atoms with Gasteiger partial charge in [0.1, 0.15) is 31.4 Å². The molecule has 72 heavy (non-hydrogen) atoms. The highest BCUT2D eigenvalue weighted by Gasteiger charge is 2.46. The Hall–Kier alpha value is -5.99. The van der Waals surface area contributed by atoms with Gasteiger partial charge >= 0.3 is 0 Å². The first-order valence-corrected chi connectivity index (χ1v) is 26.2. The van der Waals surface area contributed by atoms with Crippen LogP contribution in [0.15, 0.2) is 59.4 Å². The van der Waals surface area contributed by atoms with Crippen LogP contribution in [-0.4, -0.2) is 130 Å². The molecule has 2 aliphatic heterocycles. The fourth-order valence-corrected chi connectivity index (χ4v) is 10.6. The van der Waals surface area contributed by atoms with E-state index in [4.69, 9.17) is 15.4 Å². The molecule has 2 aromatic heterocycles. The minimum atomic E-state index is -5.15. The third kappa shape index (κ3) is 10.9. The molecule has 0 radical (unpaired) electrons. The van der Waals surface area contributed by atoms with E-state index in [-0.39, 0.29) is 46.7 Å². The number of H-pyrrole nitrogens is 1. The number of benzene rings is 3. The number of unbranched alkanes of at least 4 members (excludes halogenated alkanes) is 3. The molecule has 5 atom stereocenters. The van der Waals surface area contributed by atoms with Crippen LogP contribution in [0.2, 0.25) is 0 Å². The van der Waals surface area contributed by atoms with Gasteiger partial charge in [-0.25, -0.2) is 9.56 Å². The quantitative estimate of drug-likeness (QED) is 0.0333. The number of nitrogen functional groups attached to an aromatic ring is 1. The summed E-state index contributed by atoms with van der Waals surface area (Å²) in [6, 6.07) is 19.4. The molecule has 4 heterocycles. The molecule has 0 bridgehead atoms. The van der Waals surface area contributed by atoms with Crippen LogP contribution in [0.5, 0.6) is 0 Å². The van der Waals surface area contributed by atoms with Crippen LogP contribution in [-0.2, 0) is 30.5 Å². The number of ether oxygens (including phenoxy) is 1. The summed E-state index contributed by atoms with van der Waals surface area (Å²) in [5.41, 5.74) is 13.3. The standard InChI is InChI=1S/C51H67N10O10P/c1-7-60-25-14-16-30-26-35-37(28-38(30)60)51(2,3)36-27-31(58(4)5)20-21-34(36)41(35)32-17-10-11-18-33(32)47(66)59(6)24-15-19-40(62)53-22-12-8-9-13-23-54-50-55-42-45(56-49(52)57-46(42)65)61(50)48-44(64)43(63)39(71-48)29-70-72(67,68)69/h10-11,17-18,20-21,26-28,39,43-44,48,63-64H,7-9,12-16,19,22-25,29H2,1-6H3,(H6,52,53,57,62,65,66,67,68,69)/t39-,43-,44-,48-/m1/s1. The minimum absolute atomic E-state index is 0.0519. The summed E-state index contributed by atoms with van der Waals surface area (Å²) in [6.07, 6.45) is -0.193. The summed E-state index contributed by atoms with van der Waals surface area (Å²) >= 11 is 0. The van der Waals surface area contributed by atoms with Crippen molar-refractivity contribution in [2.45, 2.75) is 102 Å². The van der Waals surface area contributed by atoms with Gasteiger partial charge in [-0.3, -0.25) is 28.5 Å². The molecule has 21 heteroatoms. The molecule has 5 aromatic rings. The number of phosphoric acid groups is 1. The first kappa shape index (κ1) is 52.3. The number of aromatic nitrogens is 4. The fraction of sp³-hybridized carbons (Fsp3) is 0.490. The van der Waals surface area contributed by atoms with Crippen LogP contribution >= 0.6 is 7.82 Å². The molecule has 1 fully saturated rings. The van der Waals surface area contributed by atoms with Crippen molar-refractivity contribution in [3.05, 3.63) is 109 Å². The summed E-state index contributed by atoms with van der Waals surface area (Å²) in [5, 5.41) is 30.1. The molecule has 8 rings (SSSR count). The highest BCUT2D eigenvalue weighted by atomic mass is 31.2. The van der Waals surface area contributed by atoms with Gasteiger partial charge < -0.3 is 55.4 Å². The average molecular weight is 1010 g/mol. The van der Waals surface area contributed by atoms with E-state index in [9.17, 15) is 34.1 Å². The Labute approximate surface area is 417 Å². The van der Waals surface area contributed by atoms with Crippen LogP contribution in [0.25, 0.3) is 16.7 Å². The predicted octanol–water partition coefficient (Wildman–Crippen LogP) is 1.85. The number of aryl methyl sites for hydroxylation is 1. The van der Waals surface area contributed by atoms with Crippen molar-refractivity contribution >= 4 is 54.0 Å². The van der Waals surface area contributed by atoms with Gasteiger partial charge in [0.05, 0.1) is 6.61 Å². The van der Waals surface area contributed by atoms with Crippen molar-refractivity contribution in [3.8, 4) is 0 Å². The van der Waals surface area contributed by atoms with E-state index in [1.165, 1.54) is 31.8 Å². The maximum absolute atomic E-state index is 14.4. The second-order valence-corrected chi connectivity index (χ2v) is 20.8. The topological polar surface area (TPSA) is 277 Å². The molecule has 1 unspecified atom stereocenters. The van der Waals surface area contributed by atoms with E-state index in [1.54, 1.807) is 11.9 Å². The van der Waals surface area contributed by atoms with E-state index < -0.39 is 44.5 Å². The molecule has 1 aliphatic carbocycles. The second-order valence-electron chi connectivity index (χ2n) is 19.6. The van der Waals surface area contributed by atoms with Crippen molar-refractivity contribution in [1.82, 2.24) is 34.3 Å². The van der Waals surface area contributed by atoms with Gasteiger partial charge in [0.15, 0.2) is 17.4 Å². The Morgan fingerprint density at radius 2 is 1.76 bits per heavy atom. The number of nitrogens with zero attached hydrogens (tertiary/aromatic N) is 6. The zero-order valence-corrected chi connectivity index (χ0v) is 42.7. The van der Waals surface area contributed by atoms with Crippen molar-refractivity contribution in [2.75, 3.05) is 76.4 Å². The summed E-state index contributed by atoms with van der Waals surface area (Å²) in [6.45, 7) is 9.29. The summed E-state index contributed by atoms with van der Waals surface area (Å²) in [4.78, 5) is 75.0. The fourth-order valence-electron chi connectivity index (χ4n) is 10.3. The number of amides is 2. The largest absolute Gasteiger partial charge is 0.756 e. The molecule has 3 aromatic carbocycles. The summed E-state index contributed by atoms with van der Waals surface area (Å²) in [5.74, 6) is -0.347. The van der Waals surface area contributed by atoms with E-state index >= 15 is 0 Å². The lowest BCUT2D eigenvalue weighted by Gasteiger charge is -2.36. The number of carbonyl (C=O) groups excluding carboxylic acids is 2. The number of imidazole rings is 1. The van der Waals surface area contributed by atoms with Gasteiger partial charge in [-0.2, -0.15) is 4.98 Å². The Bertz CT molecular complexity index is 3090. The predicted molar refractivity (Wildman–Crippen MR) is 272 cm³/mol. The first-order chi connectivity index (χ1) is 34.3. The molecular weight excluding hydrogens is 944 g/mol. The third-order valence-corrected chi connectivity index (χ3v) is 14.6. The Kier molecular flexibility index (Phi) is 15.7. The second kappa shape index (κ2) is 21.6. The van der Waals surface area contributed by atoms with Crippen LogP contribution in [0.1, 0.15) is 110 Å². The van der Waals surface area contributed by atoms with Crippen LogP contribution in [0, 0.1) is 0 Å². The zero-order valence-electron chi connectivity index (χ0n) is 41.8. The smallest absolute Gasteiger partial charge is 0.280 e. The number of carbonyl (C=O) groups is 2. The lowest BCUT2D eigenvalue weighted by molar-refractivity contribution is -0.222. The molecule has 386 valence electrons. The van der Waals surface area contributed by atoms with Crippen LogP contribution in [0.3, 0.4) is 0 Å². The zero-order chi connectivity index (χ0) is 51.6. The molecule has 0 spiro atoms. The summed E-state index contributed by atoms with van der Waals surface area (Å²) in [7, 11) is 0.760. The van der Waals surface area contributed by atoms with E-state index in [0.29, 0.717) is 38.0 Å². The molecule has 0 saturated carbocycles. The number of phosphoric ester groups is 1. The van der Waals surface area contributed by atoms with Gasteiger partial charge in [0.2, 0.25) is 23.2 Å². The number of rotatable bonds is 20. The number of nitrogens with one attached hydrogen (secondary N) is 3. The highest BCUT2D eigenvalue weighted by Crippen LogP contribution is 2.43. The number of nitrogens with two attached hydrogens (primary N) is 1. The number of hydrogen-bond donors (Lipinski definition) is 7. The van der Waals surface area contributed by atoms with Crippen molar-refractivity contribution in [2.24, 2.45) is 0 Å². The maximum atomic E-state index is 14.4. The average Bonchev–Trinajstić information content (AvgIpc) is 3.84. The molecule has 3 aliphatic rings. The SMILES string of the molecule is CC[N+]1=c2cc3c(cc2CCC1)=C(c1ccccc1C(=O)N(C)CCCC(=O)NCCCCCCNc1nc2c(=O)[nH]c(N)nc2n1[C@@H]1O[C@H](COP(=O)([O-])O)[C@@H](O)[C@H]1O)c1ccc(N(C)C)cc1C3(C)C. The molecular formula is C51H67N10O10P. The number of aliphatic hydroxyl groups is 2. The van der Waals surface area contributed by atoms with Gasteiger partial charge in [-0.05, 0) is 89.9 Å². The number of anilines is 3. The number of fused-ring (bicyclic) bond motifs is 4. The van der Waals surface area contributed by atoms with E-state index in [0.717, 1.165) is 67.6 Å². The lowest BCUT2D eigenvalue weighted by atomic mass is 9.68. The first-order valence-electron chi connectivity index (χ1n) is 24.7. The van der Waals surface area contributed by atoms with Gasteiger partial charge in [-0.1, -0.05) is 51.0 Å². The Balaban J connectivity index is 0.853. The van der Waals surface area contributed by atoms with Crippen molar-refractivity contribution < 1.29 is 43.4 Å². The Morgan fingerprint density at radius 3 is 2.50 bits per heavy atom. The molecule has 20 nitrogen and oxygen atoms in total. The number of aromatic amines is 1. The number of hydrogen-bond acceptors (Lipinski definition) is 14. The highest BCUT2D eigenvalue weighted by molar-refractivity contribution is 7.44. The lowest BCUT2D eigenvalue weighted by Crippen LogP contribution is -2.43. The normalized spacial score (nSPS) is 19.9. The van der Waals surface area contributed by atoms with Gasteiger partial charge in [0, 0.05) is 81.9 Å². The number of aliphatic hydroxyl groups excluding tert-OH is 2. The van der Waals surface area contributed by atoms with E-state index in [1.807, 2.05) is 18.2 Å². The minimum Gasteiger partial charge on any atom is -0.756 e. The Morgan fingerprint density at radius 1 is 1.01 bits per heavy atom. The van der Waals surface area contributed by atoms with Crippen LogP contribution in [0.4, 0.5) is 17.6 Å². The monoisotopic (exact) mass is 1010 g/mol. The van der Waals surface area contributed by atoms with Gasteiger partial charge in [-0.15, -0.1) is 0 Å². The van der Waals surface area contributed by atoms with E-state index in [2.05, 4.69) is 111 Å². The molecule has 8 N–H and O–H groups in total. The maximum Gasteiger partial charge on any atom is 0.280 e. The van der Waals surface area contributed by atoms with Crippen molar-refractivity contribution in [3.63, 3.8) is 0 Å². The van der Waals surface area contributed by atoms with Crippen molar-refractivity contribution in [1.29, 1.82) is 0 Å².